The van der Waals surface area contributed by atoms with Crippen LogP contribution < -0.4 is 4.72 Å². The van der Waals surface area contributed by atoms with Crippen molar-refractivity contribution in [3.63, 3.8) is 0 Å². The Morgan fingerprint density at radius 2 is 2.09 bits per heavy atom. The fraction of sp³-hybridized carbons (Fsp3) is 0.500. The summed E-state index contributed by atoms with van der Waals surface area (Å²) in [4.78, 5) is 0. The zero-order chi connectivity index (χ0) is 16.8. The smallest absolute Gasteiger partial charge is 0.271 e. The third-order valence-corrected chi connectivity index (χ3v) is 5.19. The van der Waals surface area contributed by atoms with Crippen LogP contribution in [0, 0.1) is 6.92 Å². The van der Waals surface area contributed by atoms with E-state index in [1.807, 2.05) is 5.10 Å². The number of aromatic nitrogens is 4. The first-order chi connectivity index (χ1) is 10.7. The monoisotopic (exact) mass is 349 g/mol. The Morgan fingerprint density at radius 3 is 2.61 bits per heavy atom. The molecule has 2 N–H and O–H groups in total. The van der Waals surface area contributed by atoms with Gasteiger partial charge in [-0.1, -0.05) is 0 Å². The van der Waals surface area contributed by atoms with Crippen LogP contribution in [-0.4, -0.2) is 28.4 Å². The van der Waals surface area contributed by atoms with Gasteiger partial charge in [-0.15, -0.1) is 0 Å². The molecule has 2 aromatic rings. The van der Waals surface area contributed by atoms with Gasteiger partial charge in [0.2, 0.25) is 0 Å². The summed E-state index contributed by atoms with van der Waals surface area (Å²) < 4.78 is 66.5. The number of sulfonamides is 1. The molecule has 0 aliphatic heterocycles. The zero-order valence-corrected chi connectivity index (χ0v) is 12.9. The van der Waals surface area contributed by atoms with Gasteiger partial charge in [0.1, 0.15) is 5.69 Å². The van der Waals surface area contributed by atoms with E-state index in [1.54, 1.807) is 0 Å². The number of nitrogens with one attached hydrogen (secondary N) is 2. The minimum atomic E-state index is -4.63. The van der Waals surface area contributed by atoms with Crippen molar-refractivity contribution in [2.24, 2.45) is 0 Å². The Balaban J connectivity index is 1.91. The zero-order valence-electron chi connectivity index (χ0n) is 12.1. The van der Waals surface area contributed by atoms with Crippen LogP contribution in [0.2, 0.25) is 0 Å². The minimum Gasteiger partial charge on any atom is -0.271 e. The van der Waals surface area contributed by atoms with Crippen LogP contribution in [0.4, 0.5) is 19.0 Å². The fourth-order valence-corrected chi connectivity index (χ4v) is 3.61. The van der Waals surface area contributed by atoms with Crippen molar-refractivity contribution in [2.75, 3.05) is 4.72 Å². The summed E-state index contributed by atoms with van der Waals surface area (Å²) in [7, 11) is -4.08. The molecule has 1 aliphatic carbocycles. The van der Waals surface area contributed by atoms with Crippen molar-refractivity contribution in [3.05, 3.63) is 23.5 Å². The minimum absolute atomic E-state index is 0.00240. The van der Waals surface area contributed by atoms with Crippen molar-refractivity contribution in [1.82, 2.24) is 20.0 Å². The van der Waals surface area contributed by atoms with E-state index in [0.29, 0.717) is 0 Å². The Labute approximate surface area is 129 Å². The number of nitrogens with zero attached hydrogens (tertiary/aromatic N) is 3. The predicted molar refractivity (Wildman–Crippen MR) is 74.3 cm³/mol. The average molecular weight is 349 g/mol. The van der Waals surface area contributed by atoms with Gasteiger partial charge in [0.15, 0.2) is 10.8 Å². The van der Waals surface area contributed by atoms with E-state index in [0.717, 1.165) is 26.2 Å². The second-order valence-corrected chi connectivity index (χ2v) is 7.00. The van der Waals surface area contributed by atoms with Crippen molar-refractivity contribution < 1.29 is 21.6 Å². The molecule has 126 valence electrons. The summed E-state index contributed by atoms with van der Waals surface area (Å²) >= 11 is 0. The highest BCUT2D eigenvalue weighted by atomic mass is 32.2. The standard InChI is InChI=1S/C12H14F3N5O2S/c1-7-10(12(13,14)15)17-18-11(7)19-23(21,22)9-5-6-16-20(9)8-3-2-4-8/h5-6,8H,2-4H2,1H3,(H2,17,18,19). The largest absolute Gasteiger partial charge is 0.433 e. The quantitative estimate of drug-likeness (QED) is 0.887. The van der Waals surface area contributed by atoms with Crippen molar-refractivity contribution in [2.45, 2.75) is 43.4 Å². The molecular formula is C12H14F3N5O2S. The van der Waals surface area contributed by atoms with Crippen LogP contribution in [-0.2, 0) is 16.2 Å². The van der Waals surface area contributed by atoms with E-state index < -0.39 is 21.9 Å². The first-order valence-electron chi connectivity index (χ1n) is 6.88. The Kier molecular flexibility index (Phi) is 3.62. The molecule has 7 nitrogen and oxygen atoms in total. The molecule has 0 amide bonds. The van der Waals surface area contributed by atoms with Crippen molar-refractivity contribution >= 4 is 15.8 Å². The molecule has 1 saturated carbocycles. The van der Waals surface area contributed by atoms with E-state index in [4.69, 9.17) is 0 Å². The third kappa shape index (κ3) is 2.80. The molecule has 0 spiro atoms. The van der Waals surface area contributed by atoms with Gasteiger partial charge in [-0.3, -0.25) is 9.82 Å². The Hall–Kier alpha value is -2.04. The maximum Gasteiger partial charge on any atom is 0.433 e. The number of anilines is 1. The molecule has 0 atom stereocenters. The summed E-state index contributed by atoms with van der Waals surface area (Å²) in [5.41, 5.74) is -1.39. The lowest BCUT2D eigenvalue weighted by atomic mass is 9.93. The molecule has 0 saturated heterocycles. The topological polar surface area (TPSA) is 92.7 Å². The van der Waals surface area contributed by atoms with Crippen LogP contribution >= 0.6 is 0 Å². The first-order valence-corrected chi connectivity index (χ1v) is 8.37. The van der Waals surface area contributed by atoms with E-state index in [2.05, 4.69) is 14.9 Å². The number of halogens is 3. The number of hydrogen-bond acceptors (Lipinski definition) is 4. The second-order valence-electron chi connectivity index (χ2n) is 5.37. The number of alkyl halides is 3. The maximum atomic E-state index is 12.7. The van der Waals surface area contributed by atoms with E-state index in [9.17, 15) is 21.6 Å². The lowest BCUT2D eigenvalue weighted by Crippen LogP contribution is -2.25. The molecule has 1 fully saturated rings. The highest BCUT2D eigenvalue weighted by Crippen LogP contribution is 2.35. The van der Waals surface area contributed by atoms with Gasteiger partial charge in [-0.2, -0.15) is 31.8 Å². The fourth-order valence-electron chi connectivity index (χ4n) is 2.37. The van der Waals surface area contributed by atoms with Crippen LogP contribution in [0.1, 0.15) is 36.6 Å². The van der Waals surface area contributed by atoms with Crippen molar-refractivity contribution in [1.29, 1.82) is 0 Å². The number of rotatable bonds is 4. The summed E-state index contributed by atoms with van der Waals surface area (Å²) in [6.07, 6.45) is -0.640. The molecule has 0 unspecified atom stereocenters. The molecule has 0 bridgehead atoms. The van der Waals surface area contributed by atoms with Crippen LogP contribution in [0.15, 0.2) is 17.3 Å². The van der Waals surface area contributed by atoms with Gasteiger partial charge in [0.25, 0.3) is 10.0 Å². The molecule has 1 aliphatic rings. The molecule has 2 aromatic heterocycles. The van der Waals surface area contributed by atoms with Gasteiger partial charge in [-0.05, 0) is 32.3 Å². The maximum absolute atomic E-state index is 12.7. The number of hydrogen-bond donors (Lipinski definition) is 2. The highest BCUT2D eigenvalue weighted by molar-refractivity contribution is 7.92. The first kappa shape index (κ1) is 15.8. The van der Waals surface area contributed by atoms with E-state index >= 15 is 0 Å². The SMILES string of the molecule is Cc1c(NS(=O)(=O)c2ccnn2C2CCC2)n[nH]c1C(F)(F)F. The molecule has 2 heterocycles. The average Bonchev–Trinajstić information content (AvgIpc) is 2.95. The van der Waals surface area contributed by atoms with E-state index in [-0.39, 0.29) is 22.4 Å². The molecule has 0 radical (unpaired) electrons. The lowest BCUT2D eigenvalue weighted by Gasteiger charge is -2.27. The van der Waals surface area contributed by atoms with Gasteiger partial charge in [0.05, 0.1) is 12.2 Å². The molecular weight excluding hydrogens is 335 g/mol. The molecule has 3 rings (SSSR count). The Bertz CT molecular complexity index is 820. The summed E-state index contributed by atoms with van der Waals surface area (Å²) in [5, 5.41) is 9.16. The lowest BCUT2D eigenvalue weighted by molar-refractivity contribution is -0.141. The van der Waals surface area contributed by atoms with Crippen LogP contribution in [0.5, 0.6) is 0 Å². The molecule has 0 aromatic carbocycles. The van der Waals surface area contributed by atoms with E-state index in [1.165, 1.54) is 16.9 Å². The van der Waals surface area contributed by atoms with Crippen molar-refractivity contribution in [3.8, 4) is 0 Å². The van der Waals surface area contributed by atoms with Gasteiger partial charge < -0.3 is 0 Å². The normalized spacial score (nSPS) is 16.3. The molecule has 11 heteroatoms. The summed E-state index contributed by atoms with van der Waals surface area (Å²) in [5.74, 6) is -0.376. The third-order valence-electron chi connectivity index (χ3n) is 3.85. The number of aromatic amines is 1. The van der Waals surface area contributed by atoms with Crippen LogP contribution in [0.3, 0.4) is 0 Å². The predicted octanol–water partition coefficient (Wildman–Crippen LogP) is 2.46. The summed E-state index contributed by atoms with van der Waals surface area (Å²) in [6, 6.07) is 1.32. The second kappa shape index (κ2) is 5.25. The Morgan fingerprint density at radius 1 is 1.39 bits per heavy atom. The number of H-pyrrole nitrogens is 1. The highest BCUT2D eigenvalue weighted by Gasteiger charge is 2.37. The van der Waals surface area contributed by atoms with Gasteiger partial charge in [0, 0.05) is 5.56 Å². The molecule has 23 heavy (non-hydrogen) atoms. The van der Waals surface area contributed by atoms with Gasteiger partial charge >= 0.3 is 6.18 Å². The van der Waals surface area contributed by atoms with Crippen LogP contribution in [0.25, 0.3) is 0 Å². The van der Waals surface area contributed by atoms with Gasteiger partial charge in [-0.25, -0.2) is 4.68 Å². The summed E-state index contributed by atoms with van der Waals surface area (Å²) in [6.45, 7) is 1.15.